The van der Waals surface area contributed by atoms with Crippen LogP contribution in [0.5, 0.6) is 11.6 Å². The number of aromatic nitrogens is 2. The standard InChI is InChI=1S/C42H54F6N6O10S.3H2/c1-22(2)62-26-12-13-28-29(17-26)50-34(32(49-28)41(43,44)45)63-27-18-30-33(55)52-40(36(57)53-65(59,60)39(6)14-15-39)19-25(40)11-9-8-10-23(3)16-24(21-61-7)31(35(56)54(30)20-27)51-37(58)64-38(4,5)42(46,47)48;;;/h9,11-13,17,22-25,27,30-31H,8,10,14-16,18-21H2,1-7H3,(H,51,58)(H,52,55)(H,53,57);3*1H/b11-9-;;;/t23-,24+,25-,27-,30+,31+,40-;;;/m1.../s1. The van der Waals surface area contributed by atoms with Crippen LogP contribution in [0.1, 0.15) is 96.5 Å². The van der Waals surface area contributed by atoms with Crippen LogP contribution in [0.25, 0.3) is 11.0 Å². The molecule has 2 aliphatic carbocycles. The molecule has 0 radical (unpaired) electrons. The number of carbonyl (C=O) groups is 4. The molecular formula is C42H60F6N6O10S. The number of allylic oxidation sites excluding steroid dienone is 1. The maximum Gasteiger partial charge on any atom is 0.438 e. The summed E-state index contributed by atoms with van der Waals surface area (Å²) in [6.45, 7) is 7.10. The van der Waals surface area contributed by atoms with Gasteiger partial charge < -0.3 is 34.5 Å². The average Bonchev–Trinajstić information content (AvgIpc) is 4.06. The molecule has 2 saturated carbocycles. The maximum absolute atomic E-state index is 15.0. The van der Waals surface area contributed by atoms with Crippen molar-refractivity contribution in [1.82, 2.24) is 30.2 Å². The molecule has 3 heterocycles. The van der Waals surface area contributed by atoms with Crippen LogP contribution in [0.4, 0.5) is 31.1 Å². The molecule has 0 spiro atoms. The monoisotopic (exact) mass is 954 g/mol. The van der Waals surface area contributed by atoms with Gasteiger partial charge in [0.25, 0.3) is 5.91 Å². The van der Waals surface area contributed by atoms with E-state index in [0.29, 0.717) is 39.5 Å². The molecule has 1 aromatic heterocycles. The van der Waals surface area contributed by atoms with Gasteiger partial charge >= 0.3 is 18.4 Å². The van der Waals surface area contributed by atoms with Gasteiger partial charge in [0.05, 0.1) is 35.0 Å². The summed E-state index contributed by atoms with van der Waals surface area (Å²) in [5, 5.41) is 4.90. The molecule has 3 N–H and O–H groups in total. The van der Waals surface area contributed by atoms with Crippen molar-refractivity contribution in [2.45, 2.75) is 139 Å². The number of halogens is 6. The van der Waals surface area contributed by atoms with Gasteiger partial charge in [-0.25, -0.2) is 23.2 Å². The number of nitrogens with one attached hydrogen (secondary N) is 3. The number of rotatable bonds is 11. The maximum atomic E-state index is 15.0. The number of hydrogen-bond donors (Lipinski definition) is 3. The fraction of sp³-hybridized carbons (Fsp3) is 0.667. The third-order valence-electron chi connectivity index (χ3n) is 12.3. The van der Waals surface area contributed by atoms with Gasteiger partial charge in [-0.1, -0.05) is 19.1 Å². The third-order valence-corrected chi connectivity index (χ3v) is 14.4. The molecule has 2 aliphatic heterocycles. The van der Waals surface area contributed by atoms with E-state index in [4.69, 9.17) is 18.9 Å². The Morgan fingerprint density at radius 1 is 1.06 bits per heavy atom. The summed E-state index contributed by atoms with van der Waals surface area (Å²) in [6, 6.07) is 0.631. The zero-order valence-corrected chi connectivity index (χ0v) is 37.7. The third kappa shape index (κ3) is 10.9. The van der Waals surface area contributed by atoms with Gasteiger partial charge in [-0.2, -0.15) is 26.3 Å². The summed E-state index contributed by atoms with van der Waals surface area (Å²) < 4.78 is 135. The van der Waals surface area contributed by atoms with E-state index in [1.807, 2.05) is 6.92 Å². The lowest BCUT2D eigenvalue weighted by atomic mass is 9.87. The molecule has 7 atom stereocenters. The number of ether oxygens (including phenoxy) is 4. The van der Waals surface area contributed by atoms with E-state index >= 15 is 0 Å². The Hall–Kier alpha value is -4.93. The molecule has 65 heavy (non-hydrogen) atoms. The normalized spacial score (nSPS) is 27.9. The lowest BCUT2D eigenvalue weighted by Gasteiger charge is -2.35. The highest BCUT2D eigenvalue weighted by molar-refractivity contribution is 7.91. The molecule has 0 unspecified atom stereocenters. The van der Waals surface area contributed by atoms with Gasteiger partial charge in [0, 0.05) is 35.7 Å². The number of amides is 4. The number of fused-ring (bicyclic) bond motifs is 3. The van der Waals surface area contributed by atoms with E-state index in [-0.39, 0.29) is 52.5 Å². The van der Waals surface area contributed by atoms with Crippen LogP contribution in [0.15, 0.2) is 30.4 Å². The van der Waals surface area contributed by atoms with Crippen molar-refractivity contribution in [3.63, 3.8) is 0 Å². The van der Waals surface area contributed by atoms with Gasteiger partial charge in [0.15, 0.2) is 0 Å². The van der Waals surface area contributed by atoms with E-state index in [1.54, 1.807) is 26.0 Å². The molecule has 4 amide bonds. The van der Waals surface area contributed by atoms with E-state index in [0.717, 1.165) is 4.90 Å². The Kier molecular flexibility index (Phi) is 13.7. The summed E-state index contributed by atoms with van der Waals surface area (Å²) in [5.41, 5.74) is -6.59. The second-order valence-electron chi connectivity index (χ2n) is 18.4. The van der Waals surface area contributed by atoms with Crippen molar-refractivity contribution in [1.29, 1.82) is 0 Å². The summed E-state index contributed by atoms with van der Waals surface area (Å²) in [7, 11) is -2.91. The fourth-order valence-electron chi connectivity index (χ4n) is 8.03. The zero-order chi connectivity index (χ0) is 48.1. The lowest BCUT2D eigenvalue weighted by Crippen LogP contribution is -2.60. The molecule has 1 aromatic carbocycles. The van der Waals surface area contributed by atoms with Crippen LogP contribution < -0.4 is 24.8 Å². The molecule has 4 aliphatic rings. The van der Waals surface area contributed by atoms with Crippen LogP contribution in [0.3, 0.4) is 0 Å². The number of alkyl carbamates (subject to hydrolysis) is 1. The van der Waals surface area contributed by atoms with Crippen molar-refractivity contribution in [2.24, 2.45) is 17.8 Å². The Bertz CT molecular complexity index is 2320. The van der Waals surface area contributed by atoms with E-state index in [1.165, 1.54) is 32.2 Å². The van der Waals surface area contributed by atoms with Crippen LogP contribution >= 0.6 is 0 Å². The van der Waals surface area contributed by atoms with Crippen LogP contribution in [0, 0.1) is 17.8 Å². The summed E-state index contributed by atoms with van der Waals surface area (Å²) in [4.78, 5) is 65.7. The predicted molar refractivity (Wildman–Crippen MR) is 226 cm³/mol. The van der Waals surface area contributed by atoms with Gasteiger partial charge in [0.1, 0.15) is 29.5 Å². The first-order chi connectivity index (χ1) is 30.1. The van der Waals surface area contributed by atoms with Crippen molar-refractivity contribution in [3.8, 4) is 11.6 Å². The molecule has 1 saturated heterocycles. The van der Waals surface area contributed by atoms with E-state index in [9.17, 15) is 53.9 Å². The van der Waals surface area contributed by atoms with Crippen LogP contribution in [-0.2, 0) is 40.1 Å². The van der Waals surface area contributed by atoms with E-state index in [2.05, 4.69) is 25.3 Å². The van der Waals surface area contributed by atoms with Gasteiger partial charge in [-0.3, -0.25) is 19.1 Å². The quantitative estimate of drug-likeness (QED) is 0.164. The van der Waals surface area contributed by atoms with Gasteiger partial charge in [0.2, 0.25) is 39.0 Å². The highest BCUT2D eigenvalue weighted by Crippen LogP contribution is 2.48. The summed E-state index contributed by atoms with van der Waals surface area (Å²) in [6.07, 6.45) is -9.09. The first-order valence-electron chi connectivity index (χ1n) is 21.2. The second kappa shape index (κ2) is 18.0. The van der Waals surface area contributed by atoms with Gasteiger partial charge in [-0.15, -0.1) is 0 Å². The summed E-state index contributed by atoms with van der Waals surface area (Å²) in [5.74, 6) is -5.78. The molecule has 366 valence electrons. The molecule has 3 fully saturated rings. The average molecular weight is 955 g/mol. The molecule has 16 nitrogen and oxygen atoms in total. The Labute approximate surface area is 376 Å². The first-order valence-corrected chi connectivity index (χ1v) is 22.7. The number of benzene rings is 1. The van der Waals surface area contributed by atoms with Crippen LogP contribution in [-0.4, -0.2) is 114 Å². The molecular weight excluding hydrogens is 895 g/mol. The highest BCUT2D eigenvalue weighted by Gasteiger charge is 2.63. The molecule has 0 bridgehead atoms. The second-order valence-corrected chi connectivity index (χ2v) is 20.6. The first kappa shape index (κ1) is 49.5. The number of nitrogens with zero attached hydrogens (tertiary/aromatic N) is 3. The Morgan fingerprint density at radius 2 is 1.75 bits per heavy atom. The van der Waals surface area contributed by atoms with Crippen molar-refractivity contribution in [2.75, 3.05) is 20.3 Å². The number of hydrogen-bond acceptors (Lipinski definition) is 12. The highest BCUT2D eigenvalue weighted by atomic mass is 32.2. The topological polar surface area (TPSA) is 204 Å². The number of carbonyl (C=O) groups excluding carboxylic acids is 4. The minimum atomic E-state index is -5.12. The van der Waals surface area contributed by atoms with Crippen molar-refractivity contribution in [3.05, 3.63) is 36.0 Å². The predicted octanol–water partition coefficient (Wildman–Crippen LogP) is 6.47. The minimum Gasteiger partial charge on any atom is -0.491 e. The largest absolute Gasteiger partial charge is 0.491 e. The van der Waals surface area contributed by atoms with Crippen molar-refractivity contribution < 1.29 is 77.2 Å². The Morgan fingerprint density at radius 3 is 2.37 bits per heavy atom. The smallest absolute Gasteiger partial charge is 0.438 e. The molecule has 6 rings (SSSR count). The van der Waals surface area contributed by atoms with Crippen molar-refractivity contribution >= 4 is 44.9 Å². The number of sulfonamides is 1. The lowest BCUT2D eigenvalue weighted by molar-refractivity contribution is -0.244. The zero-order valence-electron chi connectivity index (χ0n) is 36.9. The number of methoxy groups -OCH3 is 1. The van der Waals surface area contributed by atoms with E-state index < -0.39 is 117 Å². The minimum absolute atomic E-state index is 0. The Balaban J connectivity index is 0.00000408. The summed E-state index contributed by atoms with van der Waals surface area (Å²) >= 11 is 0. The number of alkyl halides is 6. The fourth-order valence-corrected chi connectivity index (χ4v) is 9.34. The van der Waals surface area contributed by atoms with Gasteiger partial charge in [-0.05, 0) is 91.2 Å². The molecule has 2 aromatic rings. The van der Waals surface area contributed by atoms with Crippen LogP contribution in [0.2, 0.25) is 0 Å². The SMILES string of the molecule is COC[C@@H]1C[C@H](C)CC/C=C\[C@@H]2C[C@@]2(C(=O)NS(=O)(=O)C2(C)CC2)NC(=O)[C@@H]2C[C@@H](Oc3nc4cc(OC(C)C)ccc4nc3C(F)(F)F)CN2C(=O)[C@H]1NC(=O)OC(C)(C)C(F)(F)F.[HH].[HH].[HH]. The molecule has 23 heteroatoms.